The fourth-order valence-electron chi connectivity index (χ4n) is 3.07. The number of nitrogens with two attached hydrogens (primary N) is 1. The molecule has 2 heterocycles. The standard InChI is InChI=1S/C19H24N4O5S3/c1-14(19(24)22-15-6-5-7-16(12-15)30(20,25)26)29-18-9-8-17(13-21-18)31(27,28)23-10-3-2-4-11-23/h5-9,12-14H,2-4,10-11H2,1H3,(H,22,24)(H2,20,25,26). The van der Waals surface area contributed by atoms with Crippen molar-refractivity contribution in [2.75, 3.05) is 18.4 Å². The quantitative estimate of drug-likeness (QED) is 0.573. The first-order valence-corrected chi connectivity index (χ1v) is 13.5. The van der Waals surface area contributed by atoms with Crippen LogP contribution < -0.4 is 10.5 Å². The molecule has 1 amide bonds. The number of nitrogens with zero attached hydrogens (tertiary/aromatic N) is 2. The lowest BCUT2D eigenvalue weighted by Crippen LogP contribution is -2.35. The van der Waals surface area contributed by atoms with Crippen molar-refractivity contribution in [2.45, 2.75) is 46.3 Å². The summed E-state index contributed by atoms with van der Waals surface area (Å²) in [6.45, 7) is 2.70. The molecule has 1 atom stereocenters. The van der Waals surface area contributed by atoms with Crippen LogP contribution in [0.4, 0.5) is 5.69 Å². The first-order valence-electron chi connectivity index (χ1n) is 9.64. The zero-order chi connectivity index (χ0) is 22.6. The molecule has 3 N–H and O–H groups in total. The highest BCUT2D eigenvalue weighted by Crippen LogP contribution is 2.25. The van der Waals surface area contributed by atoms with Gasteiger partial charge in [0.1, 0.15) is 4.90 Å². The molecular weight excluding hydrogens is 460 g/mol. The second-order valence-electron chi connectivity index (χ2n) is 7.12. The molecule has 1 unspecified atom stereocenters. The molecule has 1 aromatic carbocycles. The van der Waals surface area contributed by atoms with Gasteiger partial charge in [-0.2, -0.15) is 4.31 Å². The Morgan fingerprint density at radius 2 is 1.81 bits per heavy atom. The van der Waals surface area contributed by atoms with Crippen molar-refractivity contribution in [1.29, 1.82) is 0 Å². The van der Waals surface area contributed by atoms with Gasteiger partial charge in [-0.1, -0.05) is 24.2 Å². The van der Waals surface area contributed by atoms with Crippen LogP contribution in [0, 0.1) is 0 Å². The van der Waals surface area contributed by atoms with Crippen LogP contribution in [-0.4, -0.2) is 50.4 Å². The van der Waals surface area contributed by atoms with Gasteiger partial charge in [0, 0.05) is 25.0 Å². The smallest absolute Gasteiger partial charge is 0.244 e. The van der Waals surface area contributed by atoms with Crippen molar-refractivity contribution in [1.82, 2.24) is 9.29 Å². The molecule has 1 aromatic heterocycles. The van der Waals surface area contributed by atoms with E-state index in [1.54, 1.807) is 19.1 Å². The lowest BCUT2D eigenvalue weighted by Gasteiger charge is -2.25. The average molecular weight is 485 g/mol. The van der Waals surface area contributed by atoms with E-state index < -0.39 is 25.3 Å². The Morgan fingerprint density at radius 3 is 2.42 bits per heavy atom. The van der Waals surface area contributed by atoms with Crippen LogP contribution in [0.15, 0.2) is 57.4 Å². The first kappa shape index (κ1) is 23.7. The summed E-state index contributed by atoms with van der Waals surface area (Å²) in [5.74, 6) is -0.358. The lowest BCUT2D eigenvalue weighted by molar-refractivity contribution is -0.115. The third-order valence-corrected chi connectivity index (χ3v) is 8.60. The van der Waals surface area contributed by atoms with Crippen LogP contribution in [-0.2, 0) is 24.8 Å². The maximum absolute atomic E-state index is 12.7. The van der Waals surface area contributed by atoms with Gasteiger partial charge < -0.3 is 5.32 Å². The summed E-state index contributed by atoms with van der Waals surface area (Å²) in [5, 5.41) is 7.69. The maximum Gasteiger partial charge on any atom is 0.244 e. The number of anilines is 1. The summed E-state index contributed by atoms with van der Waals surface area (Å²) in [7, 11) is -7.43. The summed E-state index contributed by atoms with van der Waals surface area (Å²) in [5.41, 5.74) is 0.305. The van der Waals surface area contributed by atoms with E-state index in [0.29, 0.717) is 23.8 Å². The second-order valence-corrected chi connectivity index (χ2v) is 12.0. The first-order chi connectivity index (χ1) is 14.6. The molecule has 31 heavy (non-hydrogen) atoms. The molecule has 0 saturated carbocycles. The highest BCUT2D eigenvalue weighted by molar-refractivity contribution is 8.00. The van der Waals surface area contributed by atoms with Gasteiger partial charge in [0.15, 0.2) is 0 Å². The number of hydrogen-bond acceptors (Lipinski definition) is 7. The normalized spacial score (nSPS) is 16.6. The number of piperidine rings is 1. The molecule has 2 aromatic rings. The molecule has 9 nitrogen and oxygen atoms in total. The summed E-state index contributed by atoms with van der Waals surface area (Å²) in [4.78, 5) is 16.7. The summed E-state index contributed by atoms with van der Waals surface area (Å²) in [6, 6.07) is 8.74. The van der Waals surface area contributed by atoms with Crippen LogP contribution >= 0.6 is 11.8 Å². The Bertz CT molecular complexity index is 1150. The number of thioether (sulfide) groups is 1. The van der Waals surface area contributed by atoms with Gasteiger partial charge in [-0.25, -0.2) is 27.0 Å². The van der Waals surface area contributed by atoms with Crippen molar-refractivity contribution in [2.24, 2.45) is 5.14 Å². The van der Waals surface area contributed by atoms with E-state index in [9.17, 15) is 21.6 Å². The number of nitrogens with one attached hydrogen (secondary N) is 1. The largest absolute Gasteiger partial charge is 0.325 e. The monoisotopic (exact) mass is 484 g/mol. The third-order valence-electron chi connectivity index (χ3n) is 4.76. The van der Waals surface area contributed by atoms with E-state index in [2.05, 4.69) is 10.3 Å². The Kier molecular flexibility index (Phi) is 7.37. The number of primary sulfonamides is 1. The van der Waals surface area contributed by atoms with Crippen LogP contribution in [0.25, 0.3) is 0 Å². The zero-order valence-corrected chi connectivity index (χ0v) is 19.3. The van der Waals surface area contributed by atoms with E-state index in [1.165, 1.54) is 34.8 Å². The van der Waals surface area contributed by atoms with Crippen molar-refractivity contribution in [3.63, 3.8) is 0 Å². The van der Waals surface area contributed by atoms with Crippen LogP contribution in [0.1, 0.15) is 26.2 Å². The minimum Gasteiger partial charge on any atom is -0.325 e. The minimum absolute atomic E-state index is 0.0993. The fraction of sp³-hybridized carbons (Fsp3) is 0.368. The number of sulfonamides is 2. The number of pyridine rings is 1. The van der Waals surface area contributed by atoms with E-state index in [0.717, 1.165) is 31.0 Å². The van der Waals surface area contributed by atoms with E-state index >= 15 is 0 Å². The number of rotatable bonds is 7. The van der Waals surface area contributed by atoms with Gasteiger partial charge in [0.2, 0.25) is 26.0 Å². The molecule has 0 radical (unpaired) electrons. The lowest BCUT2D eigenvalue weighted by atomic mass is 10.2. The molecule has 1 fully saturated rings. The summed E-state index contributed by atoms with van der Waals surface area (Å²) in [6.07, 6.45) is 4.05. The predicted octanol–water partition coefficient (Wildman–Crippen LogP) is 2.02. The minimum atomic E-state index is -3.87. The van der Waals surface area contributed by atoms with Crippen LogP contribution in [0.2, 0.25) is 0 Å². The average Bonchev–Trinajstić information content (AvgIpc) is 2.74. The molecule has 0 aliphatic carbocycles. The van der Waals surface area contributed by atoms with Crippen molar-refractivity contribution >= 4 is 43.4 Å². The summed E-state index contributed by atoms with van der Waals surface area (Å²) < 4.78 is 49.8. The molecule has 0 spiro atoms. The number of hydrogen-bond donors (Lipinski definition) is 2. The Balaban J connectivity index is 1.64. The number of amides is 1. The van der Waals surface area contributed by atoms with E-state index in [4.69, 9.17) is 5.14 Å². The van der Waals surface area contributed by atoms with Gasteiger partial charge >= 0.3 is 0 Å². The summed E-state index contributed by atoms with van der Waals surface area (Å²) >= 11 is 1.16. The van der Waals surface area contributed by atoms with Crippen molar-refractivity contribution in [3.8, 4) is 0 Å². The zero-order valence-electron chi connectivity index (χ0n) is 16.9. The molecule has 168 valence electrons. The molecule has 1 aliphatic rings. The van der Waals surface area contributed by atoms with Gasteiger partial charge in [-0.15, -0.1) is 0 Å². The second kappa shape index (κ2) is 9.65. The van der Waals surface area contributed by atoms with E-state index in [1.807, 2.05) is 0 Å². The SMILES string of the molecule is CC(Sc1ccc(S(=O)(=O)N2CCCCC2)cn1)C(=O)Nc1cccc(S(N)(=O)=O)c1. The molecule has 3 rings (SSSR count). The highest BCUT2D eigenvalue weighted by atomic mass is 32.2. The number of aromatic nitrogens is 1. The molecule has 0 bridgehead atoms. The maximum atomic E-state index is 12.7. The predicted molar refractivity (Wildman–Crippen MR) is 119 cm³/mol. The van der Waals surface area contributed by atoms with Gasteiger partial charge in [0.25, 0.3) is 0 Å². The van der Waals surface area contributed by atoms with Crippen molar-refractivity contribution in [3.05, 3.63) is 42.6 Å². The Hall–Kier alpha value is -1.99. The Labute approximate surface area is 186 Å². The fourth-order valence-corrected chi connectivity index (χ4v) is 5.88. The topological polar surface area (TPSA) is 140 Å². The highest BCUT2D eigenvalue weighted by Gasteiger charge is 2.26. The van der Waals surface area contributed by atoms with E-state index in [-0.39, 0.29) is 15.7 Å². The van der Waals surface area contributed by atoms with Gasteiger partial charge in [-0.05, 0) is 50.1 Å². The molecular formula is C19H24N4O5S3. The van der Waals surface area contributed by atoms with Crippen molar-refractivity contribution < 1.29 is 21.6 Å². The number of carbonyl (C=O) groups is 1. The van der Waals surface area contributed by atoms with Gasteiger partial charge in [0.05, 0.1) is 15.2 Å². The molecule has 1 saturated heterocycles. The van der Waals surface area contributed by atoms with Crippen LogP contribution in [0.5, 0.6) is 0 Å². The number of benzene rings is 1. The third kappa shape index (κ3) is 6.04. The molecule has 12 heteroatoms. The van der Waals surface area contributed by atoms with Gasteiger partial charge in [-0.3, -0.25) is 4.79 Å². The Morgan fingerprint density at radius 1 is 1.10 bits per heavy atom. The van der Waals surface area contributed by atoms with Crippen LogP contribution in [0.3, 0.4) is 0 Å². The molecule has 1 aliphatic heterocycles. The number of carbonyl (C=O) groups excluding carboxylic acids is 1.